The minimum atomic E-state index is -0.942. The number of rotatable bonds is 7. The highest BCUT2D eigenvalue weighted by Gasteiger charge is 2.16. The number of anilines is 1. The second-order valence-electron chi connectivity index (χ2n) is 7.30. The minimum Gasteiger partial charge on any atom is -0.494 e. The van der Waals surface area contributed by atoms with Crippen molar-refractivity contribution in [2.45, 2.75) is 20.8 Å². The molecule has 0 bridgehead atoms. The zero-order chi connectivity index (χ0) is 24.5. The Labute approximate surface area is 197 Å². The highest BCUT2D eigenvalue weighted by molar-refractivity contribution is 6.39. The lowest BCUT2D eigenvalue weighted by Crippen LogP contribution is -2.33. The fourth-order valence-electron chi connectivity index (χ4n) is 3.02. The molecule has 0 aliphatic heterocycles. The number of carbonyl (C=O) groups is 3. The number of hydrogen-bond acceptors (Lipinski definition) is 6. The number of aryl methyl sites for hydroxylation is 1. The van der Waals surface area contributed by atoms with Gasteiger partial charge in [-0.05, 0) is 69.3 Å². The van der Waals surface area contributed by atoms with E-state index in [1.54, 1.807) is 73.7 Å². The molecule has 2 amide bonds. The van der Waals surface area contributed by atoms with Crippen LogP contribution in [0.15, 0.2) is 77.9 Å². The molecule has 0 spiro atoms. The average Bonchev–Trinajstić information content (AvgIpc) is 2.84. The number of esters is 1. The van der Waals surface area contributed by atoms with Gasteiger partial charge in [-0.15, -0.1) is 0 Å². The van der Waals surface area contributed by atoms with E-state index in [-0.39, 0.29) is 5.75 Å². The predicted molar refractivity (Wildman–Crippen MR) is 129 cm³/mol. The largest absolute Gasteiger partial charge is 0.494 e. The summed E-state index contributed by atoms with van der Waals surface area (Å²) in [5.74, 6) is -1.39. The molecule has 8 heteroatoms. The summed E-state index contributed by atoms with van der Waals surface area (Å²) in [7, 11) is 0. The first-order valence-corrected chi connectivity index (χ1v) is 10.6. The highest BCUT2D eigenvalue weighted by Crippen LogP contribution is 2.21. The number of ether oxygens (including phenoxy) is 2. The summed E-state index contributed by atoms with van der Waals surface area (Å²) in [5.41, 5.74) is 4.88. The standard InChI is InChI=1S/C26H25N3O5/c1-4-33-21-14-12-20(13-15-21)27-24(30)25(31)29-28-18(3)22-10-5-6-11-23(22)34-26(32)19-9-7-8-17(2)16-19/h5-16H,4H2,1-3H3,(H,27,30)(H,29,31)/b28-18+. The van der Waals surface area contributed by atoms with Crippen molar-refractivity contribution >= 4 is 29.2 Å². The summed E-state index contributed by atoms with van der Waals surface area (Å²) < 4.78 is 10.9. The van der Waals surface area contributed by atoms with Crippen molar-refractivity contribution < 1.29 is 23.9 Å². The molecule has 0 radical (unpaired) electrons. The summed E-state index contributed by atoms with van der Waals surface area (Å²) in [6.07, 6.45) is 0. The lowest BCUT2D eigenvalue weighted by Gasteiger charge is -2.10. The van der Waals surface area contributed by atoms with Crippen LogP contribution in [-0.4, -0.2) is 30.1 Å². The molecule has 3 rings (SSSR count). The molecule has 3 aromatic carbocycles. The molecule has 0 aliphatic rings. The molecule has 174 valence electrons. The Kier molecular flexibility index (Phi) is 8.12. The number of benzene rings is 3. The lowest BCUT2D eigenvalue weighted by molar-refractivity contribution is -0.136. The third-order valence-electron chi connectivity index (χ3n) is 4.69. The summed E-state index contributed by atoms with van der Waals surface area (Å²) in [6, 6.07) is 20.5. The first kappa shape index (κ1) is 24.2. The van der Waals surface area contributed by atoms with Crippen molar-refractivity contribution in [1.29, 1.82) is 0 Å². The Morgan fingerprint density at radius 2 is 1.65 bits per heavy atom. The molecule has 0 saturated heterocycles. The Morgan fingerprint density at radius 1 is 0.912 bits per heavy atom. The third kappa shape index (κ3) is 6.52. The Morgan fingerprint density at radius 3 is 2.35 bits per heavy atom. The summed E-state index contributed by atoms with van der Waals surface area (Å²) in [6.45, 7) is 5.91. The number of para-hydroxylation sites is 1. The Balaban J connectivity index is 1.65. The quantitative estimate of drug-likeness (QED) is 0.182. The maximum Gasteiger partial charge on any atom is 0.343 e. The third-order valence-corrected chi connectivity index (χ3v) is 4.69. The van der Waals surface area contributed by atoms with Gasteiger partial charge < -0.3 is 14.8 Å². The number of nitrogens with one attached hydrogen (secondary N) is 2. The van der Waals surface area contributed by atoms with Crippen LogP contribution in [0.25, 0.3) is 0 Å². The maximum absolute atomic E-state index is 12.5. The van der Waals surface area contributed by atoms with E-state index in [4.69, 9.17) is 9.47 Å². The Hall–Kier alpha value is -4.46. The number of carbonyl (C=O) groups excluding carboxylic acids is 3. The zero-order valence-electron chi connectivity index (χ0n) is 19.1. The van der Waals surface area contributed by atoms with Crippen LogP contribution >= 0.6 is 0 Å². The molecule has 0 atom stereocenters. The fraction of sp³-hybridized carbons (Fsp3) is 0.154. The number of hydrogen-bond donors (Lipinski definition) is 2. The minimum absolute atomic E-state index is 0.281. The van der Waals surface area contributed by atoms with Gasteiger partial charge in [0.1, 0.15) is 11.5 Å². The van der Waals surface area contributed by atoms with E-state index >= 15 is 0 Å². The van der Waals surface area contributed by atoms with Gasteiger partial charge in [0, 0.05) is 11.3 Å². The van der Waals surface area contributed by atoms with E-state index < -0.39 is 17.8 Å². The van der Waals surface area contributed by atoms with Crippen LogP contribution in [0.1, 0.15) is 35.3 Å². The molecule has 0 aliphatic carbocycles. The topological polar surface area (TPSA) is 106 Å². The van der Waals surface area contributed by atoms with Gasteiger partial charge in [0.15, 0.2) is 0 Å². The van der Waals surface area contributed by atoms with Crippen molar-refractivity contribution in [1.82, 2.24) is 5.43 Å². The van der Waals surface area contributed by atoms with Gasteiger partial charge in [-0.2, -0.15) is 5.10 Å². The van der Waals surface area contributed by atoms with Crippen LogP contribution in [0.5, 0.6) is 11.5 Å². The van der Waals surface area contributed by atoms with Crippen molar-refractivity contribution in [2.24, 2.45) is 5.10 Å². The molecular weight excluding hydrogens is 434 g/mol. The van der Waals surface area contributed by atoms with Crippen molar-refractivity contribution in [3.63, 3.8) is 0 Å². The smallest absolute Gasteiger partial charge is 0.343 e. The molecule has 2 N–H and O–H groups in total. The van der Waals surface area contributed by atoms with Gasteiger partial charge >= 0.3 is 17.8 Å². The lowest BCUT2D eigenvalue weighted by atomic mass is 10.1. The molecule has 34 heavy (non-hydrogen) atoms. The van der Waals surface area contributed by atoms with E-state index in [9.17, 15) is 14.4 Å². The molecule has 0 unspecified atom stereocenters. The van der Waals surface area contributed by atoms with Gasteiger partial charge in [-0.25, -0.2) is 10.2 Å². The molecule has 0 aromatic heterocycles. The Bertz CT molecular complexity index is 1220. The number of nitrogens with zero attached hydrogens (tertiary/aromatic N) is 1. The SMILES string of the molecule is CCOc1ccc(NC(=O)C(=O)N/N=C(\C)c2ccccc2OC(=O)c2cccc(C)c2)cc1. The van der Waals surface area contributed by atoms with E-state index in [2.05, 4.69) is 15.8 Å². The van der Waals surface area contributed by atoms with Crippen LogP contribution in [0.4, 0.5) is 5.69 Å². The summed E-state index contributed by atoms with van der Waals surface area (Å²) in [4.78, 5) is 36.9. The first-order valence-electron chi connectivity index (χ1n) is 10.6. The molecule has 3 aromatic rings. The molecule has 0 saturated carbocycles. The predicted octanol–water partition coefficient (Wildman–Crippen LogP) is 4.09. The normalized spacial score (nSPS) is 10.9. The molecule has 0 fully saturated rings. The maximum atomic E-state index is 12.5. The van der Waals surface area contributed by atoms with Crippen molar-refractivity contribution in [3.8, 4) is 11.5 Å². The summed E-state index contributed by atoms with van der Waals surface area (Å²) in [5, 5.41) is 6.48. The van der Waals surface area contributed by atoms with Gasteiger partial charge in [0.25, 0.3) is 0 Å². The molecule has 8 nitrogen and oxygen atoms in total. The number of hydrazone groups is 1. The monoisotopic (exact) mass is 459 g/mol. The van der Waals surface area contributed by atoms with Gasteiger partial charge in [0.05, 0.1) is 17.9 Å². The van der Waals surface area contributed by atoms with Crippen LogP contribution in [0.2, 0.25) is 0 Å². The van der Waals surface area contributed by atoms with Crippen LogP contribution in [0.3, 0.4) is 0 Å². The number of amides is 2. The highest BCUT2D eigenvalue weighted by atomic mass is 16.5. The first-order chi connectivity index (χ1) is 16.4. The fourth-order valence-corrected chi connectivity index (χ4v) is 3.02. The average molecular weight is 460 g/mol. The van der Waals surface area contributed by atoms with Crippen molar-refractivity contribution in [2.75, 3.05) is 11.9 Å². The van der Waals surface area contributed by atoms with E-state index in [0.29, 0.717) is 34.9 Å². The van der Waals surface area contributed by atoms with Crippen LogP contribution in [0, 0.1) is 6.92 Å². The van der Waals surface area contributed by atoms with Gasteiger partial charge in [0.2, 0.25) is 0 Å². The van der Waals surface area contributed by atoms with E-state index in [1.165, 1.54) is 0 Å². The van der Waals surface area contributed by atoms with Gasteiger partial charge in [-0.1, -0.05) is 29.8 Å². The second kappa shape index (κ2) is 11.4. The van der Waals surface area contributed by atoms with E-state index in [0.717, 1.165) is 5.56 Å². The van der Waals surface area contributed by atoms with Gasteiger partial charge in [-0.3, -0.25) is 9.59 Å². The van der Waals surface area contributed by atoms with Crippen LogP contribution in [-0.2, 0) is 9.59 Å². The van der Waals surface area contributed by atoms with E-state index in [1.807, 2.05) is 19.9 Å². The van der Waals surface area contributed by atoms with Crippen LogP contribution < -0.4 is 20.2 Å². The van der Waals surface area contributed by atoms with Crippen molar-refractivity contribution in [3.05, 3.63) is 89.5 Å². The zero-order valence-corrected chi connectivity index (χ0v) is 19.1. The molecule has 0 heterocycles. The second-order valence-corrected chi connectivity index (χ2v) is 7.30. The molecular formula is C26H25N3O5. The summed E-state index contributed by atoms with van der Waals surface area (Å²) >= 11 is 0.